The number of piperidine rings is 1. The third-order valence-electron chi connectivity index (χ3n) is 6.40. The van der Waals surface area contributed by atoms with Crippen molar-refractivity contribution in [2.24, 2.45) is 5.16 Å². The molecule has 1 saturated heterocycles. The maximum atomic E-state index is 13.7. The first-order valence-corrected chi connectivity index (χ1v) is 10.9. The zero-order valence-corrected chi connectivity index (χ0v) is 19.6. The number of likely N-dealkylation sites (tertiary alicyclic amines) is 1. The van der Waals surface area contributed by atoms with E-state index in [4.69, 9.17) is 0 Å². The second-order valence-electron chi connectivity index (χ2n) is 8.74. The van der Waals surface area contributed by atoms with Crippen LogP contribution in [-0.4, -0.2) is 40.3 Å². The molecule has 0 aromatic heterocycles. The minimum atomic E-state index is -5.02. The van der Waals surface area contributed by atoms with Crippen molar-refractivity contribution in [2.45, 2.75) is 51.1 Å². The molecule has 0 radical (unpaired) electrons. The predicted octanol–water partition coefficient (Wildman–Crippen LogP) is 6.95. The van der Waals surface area contributed by atoms with Crippen LogP contribution in [0, 0.1) is 12.7 Å². The lowest BCUT2D eigenvalue weighted by Gasteiger charge is -2.40. The number of urea groups is 1. The average molecular weight is 519 g/mol. The lowest BCUT2D eigenvalue weighted by Crippen LogP contribution is -2.48. The van der Waals surface area contributed by atoms with Crippen molar-refractivity contribution in [1.82, 2.24) is 9.80 Å². The van der Waals surface area contributed by atoms with E-state index in [1.165, 1.54) is 37.1 Å². The number of halogens is 7. The van der Waals surface area contributed by atoms with Crippen molar-refractivity contribution in [3.8, 4) is 0 Å². The smallest absolute Gasteiger partial charge is 0.411 e. The van der Waals surface area contributed by atoms with Crippen molar-refractivity contribution in [3.05, 3.63) is 70.0 Å². The van der Waals surface area contributed by atoms with Gasteiger partial charge in [-0.2, -0.15) is 26.3 Å². The SMILES string of the molecule is Cc1cc(F)ccc1[C@H]1C/C(=N/O)CCN1C(=O)N(C)[C@@H](C)c1cc(C(F)(F)F)cc(C(F)(F)F)c1. The third kappa shape index (κ3) is 5.73. The molecular weight excluding hydrogens is 495 g/mol. The van der Waals surface area contributed by atoms with Gasteiger partial charge in [-0.15, -0.1) is 0 Å². The molecule has 1 aliphatic rings. The first-order valence-electron chi connectivity index (χ1n) is 10.9. The second kappa shape index (κ2) is 9.98. The second-order valence-corrected chi connectivity index (χ2v) is 8.74. The van der Waals surface area contributed by atoms with E-state index in [0.29, 0.717) is 29.0 Å². The summed E-state index contributed by atoms with van der Waals surface area (Å²) in [6.45, 7) is 3.04. The molecule has 2 atom stereocenters. The topological polar surface area (TPSA) is 56.1 Å². The van der Waals surface area contributed by atoms with E-state index in [2.05, 4.69) is 5.16 Å². The van der Waals surface area contributed by atoms with Crippen LogP contribution < -0.4 is 0 Å². The van der Waals surface area contributed by atoms with Gasteiger partial charge in [-0.1, -0.05) is 11.2 Å². The Bertz CT molecular complexity index is 1130. The Morgan fingerprint density at radius 2 is 1.67 bits per heavy atom. The quantitative estimate of drug-likeness (QED) is 0.271. The molecule has 0 spiro atoms. The molecule has 2 aromatic rings. The summed E-state index contributed by atoms with van der Waals surface area (Å²) in [5, 5.41) is 12.5. The summed E-state index contributed by atoms with van der Waals surface area (Å²) < 4.78 is 93.5. The van der Waals surface area contributed by atoms with Crippen LogP contribution in [0.15, 0.2) is 41.6 Å². The Morgan fingerprint density at radius 1 is 1.08 bits per heavy atom. The highest BCUT2D eigenvalue weighted by Crippen LogP contribution is 2.39. The number of aryl methyl sites for hydroxylation is 1. The van der Waals surface area contributed by atoms with Crippen LogP contribution in [0.2, 0.25) is 0 Å². The number of carbonyl (C=O) groups excluding carboxylic acids is 1. The maximum absolute atomic E-state index is 13.7. The highest BCUT2D eigenvalue weighted by atomic mass is 19.4. The Kier molecular flexibility index (Phi) is 7.56. The van der Waals surface area contributed by atoms with Gasteiger partial charge in [0.15, 0.2) is 0 Å². The molecule has 3 rings (SSSR count). The first kappa shape index (κ1) is 27.3. The standard InChI is InChI=1S/C24H24F7N3O2/c1-13-8-18(25)4-5-20(13)21-12-19(32-36)6-7-34(21)22(35)33(3)14(2)15-9-16(23(26,27)28)11-17(10-15)24(29,30)31/h4-5,8-11,14,21,36H,6-7,12H2,1-3H3/b32-19+/t14-,21+/m0/s1. The summed E-state index contributed by atoms with van der Waals surface area (Å²) in [6.07, 6.45) is -9.70. The van der Waals surface area contributed by atoms with Gasteiger partial charge in [-0.25, -0.2) is 9.18 Å². The Labute approximate surface area is 202 Å². The summed E-state index contributed by atoms with van der Waals surface area (Å²) in [5.41, 5.74) is -1.78. The highest BCUT2D eigenvalue weighted by molar-refractivity contribution is 5.88. The van der Waals surface area contributed by atoms with Crippen LogP contribution in [0.25, 0.3) is 0 Å². The van der Waals surface area contributed by atoms with E-state index in [0.717, 1.165) is 4.90 Å². The van der Waals surface area contributed by atoms with Crippen molar-refractivity contribution < 1.29 is 40.7 Å². The number of amides is 2. The third-order valence-corrected chi connectivity index (χ3v) is 6.40. The van der Waals surface area contributed by atoms with Gasteiger partial charge in [0.2, 0.25) is 0 Å². The molecule has 1 N–H and O–H groups in total. The van der Waals surface area contributed by atoms with Crippen molar-refractivity contribution >= 4 is 11.7 Å². The highest BCUT2D eigenvalue weighted by Gasteiger charge is 2.39. The Hall–Kier alpha value is -3.31. The molecule has 0 aliphatic carbocycles. The number of rotatable bonds is 3. The van der Waals surface area contributed by atoms with E-state index < -0.39 is 47.4 Å². The van der Waals surface area contributed by atoms with E-state index in [9.17, 15) is 40.7 Å². The largest absolute Gasteiger partial charge is 0.416 e. The molecule has 36 heavy (non-hydrogen) atoms. The number of alkyl halides is 6. The lowest BCUT2D eigenvalue weighted by atomic mass is 9.91. The fourth-order valence-electron chi connectivity index (χ4n) is 4.26. The van der Waals surface area contributed by atoms with Gasteiger partial charge in [0, 0.05) is 26.4 Å². The van der Waals surface area contributed by atoms with E-state index in [-0.39, 0.29) is 31.0 Å². The molecule has 1 fully saturated rings. The first-order chi connectivity index (χ1) is 16.6. The molecule has 196 valence electrons. The van der Waals surface area contributed by atoms with E-state index >= 15 is 0 Å². The Morgan fingerprint density at radius 3 is 2.17 bits per heavy atom. The number of carbonyl (C=O) groups is 1. The molecule has 0 saturated carbocycles. The zero-order chi connectivity index (χ0) is 27.0. The molecular formula is C24H24F7N3O2. The molecule has 2 amide bonds. The summed E-state index contributed by atoms with van der Waals surface area (Å²) >= 11 is 0. The molecule has 0 bridgehead atoms. The van der Waals surface area contributed by atoms with Gasteiger partial charge < -0.3 is 15.0 Å². The number of benzene rings is 2. The van der Waals surface area contributed by atoms with Crippen molar-refractivity contribution in [1.29, 1.82) is 0 Å². The van der Waals surface area contributed by atoms with Gasteiger partial charge >= 0.3 is 18.4 Å². The molecule has 12 heteroatoms. The molecule has 1 aliphatic heterocycles. The molecule has 1 heterocycles. The summed E-state index contributed by atoms with van der Waals surface area (Å²) in [5.74, 6) is -0.489. The van der Waals surface area contributed by atoms with E-state index in [1.807, 2.05) is 0 Å². The van der Waals surface area contributed by atoms with Crippen LogP contribution in [0.1, 0.15) is 59.7 Å². The van der Waals surface area contributed by atoms with Crippen molar-refractivity contribution in [3.63, 3.8) is 0 Å². The predicted molar refractivity (Wildman–Crippen MR) is 117 cm³/mol. The Balaban J connectivity index is 1.98. The monoisotopic (exact) mass is 519 g/mol. The van der Waals surface area contributed by atoms with Crippen LogP contribution in [0.3, 0.4) is 0 Å². The normalized spacial score (nSPS) is 18.9. The van der Waals surface area contributed by atoms with Gasteiger partial charge in [0.1, 0.15) is 5.82 Å². The molecule has 0 unspecified atom stereocenters. The van der Waals surface area contributed by atoms with Gasteiger partial charge in [-0.05, 0) is 60.9 Å². The fraction of sp³-hybridized carbons (Fsp3) is 0.417. The zero-order valence-electron chi connectivity index (χ0n) is 19.6. The van der Waals surface area contributed by atoms with Crippen LogP contribution in [0.5, 0.6) is 0 Å². The summed E-state index contributed by atoms with van der Waals surface area (Å²) in [6, 6.07) is 2.71. The minimum absolute atomic E-state index is 0.0335. The summed E-state index contributed by atoms with van der Waals surface area (Å²) in [4.78, 5) is 15.9. The van der Waals surface area contributed by atoms with Crippen LogP contribution in [-0.2, 0) is 12.4 Å². The number of oxime groups is 1. The molecule has 5 nitrogen and oxygen atoms in total. The lowest BCUT2D eigenvalue weighted by molar-refractivity contribution is -0.143. The fourth-order valence-corrected chi connectivity index (χ4v) is 4.26. The average Bonchev–Trinajstić information content (AvgIpc) is 2.81. The minimum Gasteiger partial charge on any atom is -0.411 e. The van der Waals surface area contributed by atoms with Crippen LogP contribution in [0.4, 0.5) is 35.5 Å². The van der Waals surface area contributed by atoms with Crippen LogP contribution >= 0.6 is 0 Å². The van der Waals surface area contributed by atoms with E-state index in [1.54, 1.807) is 6.92 Å². The van der Waals surface area contributed by atoms with Gasteiger partial charge in [0.25, 0.3) is 0 Å². The summed E-state index contributed by atoms with van der Waals surface area (Å²) in [7, 11) is 1.28. The molecule has 2 aromatic carbocycles. The number of hydrogen-bond acceptors (Lipinski definition) is 3. The maximum Gasteiger partial charge on any atom is 0.416 e. The number of hydrogen-bond donors (Lipinski definition) is 1. The number of nitrogens with zero attached hydrogens (tertiary/aromatic N) is 3. The van der Waals surface area contributed by atoms with Gasteiger partial charge in [0.05, 0.1) is 28.9 Å². The van der Waals surface area contributed by atoms with Crippen molar-refractivity contribution in [2.75, 3.05) is 13.6 Å². The van der Waals surface area contributed by atoms with Gasteiger partial charge in [-0.3, -0.25) is 0 Å².